The van der Waals surface area contributed by atoms with Crippen molar-refractivity contribution in [2.45, 2.75) is 126 Å². The Morgan fingerprint density at radius 2 is 1.27 bits per heavy atom. The quantitative estimate of drug-likeness (QED) is 0.0778. The second-order valence-corrected chi connectivity index (χ2v) is 23.3. The Hall–Kier alpha value is -8.55. The van der Waals surface area contributed by atoms with Crippen LogP contribution in [0.1, 0.15) is 71.9 Å². The first kappa shape index (κ1) is 58.2. The first-order chi connectivity index (χ1) is 41.4. The molecule has 7 N–H and O–H groups in total. The molecule has 5 aromatic carbocycles. The molecule has 6 aromatic rings. The first-order valence-corrected chi connectivity index (χ1v) is 30.0. The molecular weight excluding hydrogens is 1080 g/mol. The smallest absolute Gasteiger partial charge is 0.410 e. The summed E-state index contributed by atoms with van der Waals surface area (Å²) >= 11 is 0. The molecule has 19 nitrogen and oxygen atoms in total. The molecule has 5 aliphatic heterocycles. The number of H-pyrrole nitrogens is 1. The number of aromatic nitrogens is 1. The van der Waals surface area contributed by atoms with Gasteiger partial charge in [-0.25, -0.2) is 4.79 Å². The van der Waals surface area contributed by atoms with Crippen LogP contribution >= 0.6 is 0 Å². The number of fused-ring (bicyclic) bond motifs is 4. The van der Waals surface area contributed by atoms with Crippen LogP contribution < -0.4 is 36.6 Å². The standard InChI is InChI=1S/C66H76N10O9/c1-67-49-28-31-74(39-49)66(83)85-51-36-58-63(80)70-54(25-22-42-12-4-2-5-13-42)60(77)72-56(34-48-37-69-53-19-11-10-18-52(48)53)62(79)71-55(32-44-26-29-68-30-27-44)61(78)73-57(33-43-20-23-50(24-21-43)84-41-45-14-6-3-7-15-45)64(81)75-38-47-17-9-8-16-46(47)35-59(75)65(82)76(58)40-51/h2-21,23-24,37,44,49,51,54-59,67-69H,22,25-36,38-41H2,1H3,(H,70,80)(H,71,79)(H,72,77)(H,73,78)/t49-,51+,54-,55-,56+,57-,58-,59-/m0/s1. The molecular formula is C66H76N10O9. The minimum atomic E-state index is -1.27. The van der Waals surface area contributed by atoms with Crippen molar-refractivity contribution in [3.8, 4) is 5.75 Å². The van der Waals surface area contributed by atoms with Crippen LogP contribution in [-0.4, -0.2) is 149 Å². The number of hydrogen-bond acceptors (Lipinski definition) is 11. The van der Waals surface area contributed by atoms with Crippen molar-refractivity contribution >= 4 is 52.4 Å². The van der Waals surface area contributed by atoms with Crippen molar-refractivity contribution in [1.29, 1.82) is 0 Å². The Balaban J connectivity index is 0.985. The van der Waals surface area contributed by atoms with Crippen molar-refractivity contribution < 1.29 is 43.0 Å². The van der Waals surface area contributed by atoms with Gasteiger partial charge < -0.3 is 61.1 Å². The van der Waals surface area contributed by atoms with Gasteiger partial charge >= 0.3 is 6.09 Å². The van der Waals surface area contributed by atoms with Crippen LogP contribution in [0.2, 0.25) is 0 Å². The Labute approximate surface area is 495 Å². The SMILES string of the molecule is CN[C@H]1CCN(C(=O)O[C@@H]2C[C@H]3C(=O)N[C@@H](CCc4ccccc4)C(=O)N[C@H](Cc4c[nH]c5ccccc45)C(=O)N[C@@H](CC4CCNCC4)C(=O)N[C@@H](Cc4ccc(OCc5ccccc5)cc4)C(=O)N4Cc5ccccc5C[C@H]4C(=O)N3C2)C1. The Morgan fingerprint density at radius 1 is 0.612 bits per heavy atom. The van der Waals surface area contributed by atoms with Gasteiger partial charge in [0.25, 0.3) is 0 Å². The zero-order chi connectivity index (χ0) is 58.8. The third kappa shape index (κ3) is 14.2. The highest BCUT2D eigenvalue weighted by Gasteiger charge is 2.48. The molecule has 0 unspecified atom stereocenters. The van der Waals surface area contributed by atoms with Crippen LogP contribution in [0.4, 0.5) is 4.79 Å². The predicted molar refractivity (Wildman–Crippen MR) is 320 cm³/mol. The summed E-state index contributed by atoms with van der Waals surface area (Å²) in [6.45, 7) is 2.49. The average Bonchev–Trinajstić information content (AvgIpc) is 4.51. The molecule has 444 valence electrons. The first-order valence-electron chi connectivity index (χ1n) is 30.0. The summed E-state index contributed by atoms with van der Waals surface area (Å²) in [7, 11) is 1.84. The zero-order valence-electron chi connectivity index (χ0n) is 48.0. The molecule has 19 heteroatoms. The number of amides is 7. The minimum absolute atomic E-state index is 0.00123. The summed E-state index contributed by atoms with van der Waals surface area (Å²) in [6.07, 6.45) is 3.21. The largest absolute Gasteiger partial charge is 0.489 e. The fraction of sp³-hybridized carbons (Fsp3) is 0.409. The summed E-state index contributed by atoms with van der Waals surface area (Å²) in [5, 5.41) is 19.7. The van der Waals surface area contributed by atoms with Crippen LogP contribution in [0.15, 0.2) is 140 Å². The third-order valence-electron chi connectivity index (χ3n) is 17.6. The normalized spacial score (nSPS) is 24.5. The van der Waals surface area contributed by atoms with E-state index in [1.807, 2.05) is 141 Å². The van der Waals surface area contributed by atoms with Gasteiger partial charge in [0.05, 0.1) is 6.54 Å². The van der Waals surface area contributed by atoms with Gasteiger partial charge in [-0.05, 0) is 116 Å². The molecule has 5 aliphatic rings. The number of ether oxygens (including phenoxy) is 2. The second kappa shape index (κ2) is 27.0. The fourth-order valence-corrected chi connectivity index (χ4v) is 12.7. The molecule has 4 fully saturated rings. The average molecular weight is 1150 g/mol. The van der Waals surface area contributed by atoms with Gasteiger partial charge in [0.15, 0.2) is 0 Å². The summed E-state index contributed by atoms with van der Waals surface area (Å²) in [4.78, 5) is 115. The van der Waals surface area contributed by atoms with Crippen molar-refractivity contribution in [2.24, 2.45) is 5.92 Å². The summed E-state index contributed by atoms with van der Waals surface area (Å²) in [5.74, 6) is -3.00. The minimum Gasteiger partial charge on any atom is -0.489 e. The molecule has 0 aliphatic carbocycles. The molecule has 0 spiro atoms. The number of nitrogens with one attached hydrogen (secondary N) is 7. The number of benzene rings is 5. The van der Waals surface area contributed by atoms with E-state index < -0.39 is 83.9 Å². The third-order valence-corrected chi connectivity index (χ3v) is 17.6. The number of hydrogen-bond donors (Lipinski definition) is 7. The van der Waals surface area contributed by atoms with Gasteiger partial charge in [-0.15, -0.1) is 0 Å². The van der Waals surface area contributed by atoms with E-state index in [0.29, 0.717) is 37.4 Å². The topological polar surface area (TPSA) is 236 Å². The van der Waals surface area contributed by atoms with E-state index in [1.54, 1.807) is 11.1 Å². The molecule has 0 radical (unpaired) electrons. The van der Waals surface area contributed by atoms with Gasteiger partial charge in [0.2, 0.25) is 35.4 Å². The van der Waals surface area contributed by atoms with Gasteiger partial charge in [-0.1, -0.05) is 115 Å². The lowest BCUT2D eigenvalue weighted by Crippen LogP contribution is -2.63. The van der Waals surface area contributed by atoms with E-state index >= 15 is 28.8 Å². The van der Waals surface area contributed by atoms with E-state index in [9.17, 15) is 4.79 Å². The maximum absolute atomic E-state index is 15.9. The summed E-state index contributed by atoms with van der Waals surface area (Å²) in [5.41, 5.74) is 5.79. The summed E-state index contributed by atoms with van der Waals surface area (Å²) in [6, 6.07) is 34.5. The monoisotopic (exact) mass is 1150 g/mol. The molecule has 11 rings (SSSR count). The molecule has 7 amide bonds. The van der Waals surface area contributed by atoms with Gasteiger partial charge in [0, 0.05) is 68.5 Å². The number of aromatic amines is 1. The Morgan fingerprint density at radius 3 is 2.02 bits per heavy atom. The number of piperidine rings is 1. The summed E-state index contributed by atoms with van der Waals surface area (Å²) < 4.78 is 12.3. The number of likely N-dealkylation sites (tertiary alicyclic amines) is 1. The highest BCUT2D eigenvalue weighted by Crippen LogP contribution is 2.31. The highest BCUT2D eigenvalue weighted by molar-refractivity contribution is 5.99. The van der Waals surface area contributed by atoms with Gasteiger partial charge in [-0.2, -0.15) is 0 Å². The van der Waals surface area contributed by atoms with Crippen LogP contribution in [0, 0.1) is 5.92 Å². The van der Waals surface area contributed by atoms with Crippen LogP contribution in [0.25, 0.3) is 10.9 Å². The van der Waals surface area contributed by atoms with E-state index in [2.05, 4.69) is 36.9 Å². The molecule has 1 aromatic heterocycles. The van der Waals surface area contributed by atoms with Crippen molar-refractivity contribution in [3.05, 3.63) is 173 Å². The Kier molecular flexibility index (Phi) is 18.5. The van der Waals surface area contributed by atoms with Crippen molar-refractivity contribution in [3.63, 3.8) is 0 Å². The van der Waals surface area contributed by atoms with Crippen molar-refractivity contribution in [1.82, 2.24) is 51.6 Å². The number of carbonyl (C=O) groups is 7. The molecule has 8 atom stereocenters. The number of nitrogens with zero attached hydrogens (tertiary/aromatic N) is 3. The fourth-order valence-electron chi connectivity index (χ4n) is 12.7. The highest BCUT2D eigenvalue weighted by atomic mass is 16.6. The van der Waals surface area contributed by atoms with Gasteiger partial charge in [0.1, 0.15) is 54.7 Å². The lowest BCUT2D eigenvalue weighted by atomic mass is 9.90. The molecule has 0 saturated carbocycles. The van der Waals surface area contributed by atoms with Crippen molar-refractivity contribution in [2.75, 3.05) is 39.8 Å². The van der Waals surface area contributed by atoms with Crippen LogP contribution in [-0.2, 0) is 72.3 Å². The number of para-hydroxylation sites is 1. The lowest BCUT2D eigenvalue weighted by molar-refractivity contribution is -0.151. The van der Waals surface area contributed by atoms with E-state index in [1.165, 1.54) is 9.80 Å². The maximum atomic E-state index is 15.9. The maximum Gasteiger partial charge on any atom is 0.410 e. The number of rotatable bonds is 14. The van der Waals surface area contributed by atoms with E-state index in [0.717, 1.165) is 71.1 Å². The van der Waals surface area contributed by atoms with E-state index in [-0.39, 0.29) is 63.6 Å². The number of carbonyl (C=O) groups excluding carboxylic acids is 7. The predicted octanol–water partition coefficient (Wildman–Crippen LogP) is 4.86. The number of aryl methyl sites for hydroxylation is 1. The molecule has 6 heterocycles. The van der Waals surface area contributed by atoms with Crippen LogP contribution in [0.3, 0.4) is 0 Å². The molecule has 85 heavy (non-hydrogen) atoms. The lowest BCUT2D eigenvalue weighted by Gasteiger charge is -2.40. The zero-order valence-corrected chi connectivity index (χ0v) is 48.0. The molecule has 0 bridgehead atoms. The Bertz CT molecular complexity index is 3340. The van der Waals surface area contributed by atoms with E-state index in [4.69, 9.17) is 9.47 Å². The molecule has 4 saturated heterocycles. The second-order valence-electron chi connectivity index (χ2n) is 23.3. The van der Waals surface area contributed by atoms with Gasteiger partial charge in [-0.3, -0.25) is 28.8 Å². The van der Waals surface area contributed by atoms with Crippen LogP contribution in [0.5, 0.6) is 5.75 Å². The number of likely N-dealkylation sites (N-methyl/N-ethyl adjacent to an activating group) is 1.